The number of amides is 2. The van der Waals surface area contributed by atoms with Crippen LogP contribution in [0.1, 0.15) is 37.1 Å². The van der Waals surface area contributed by atoms with E-state index in [0.717, 1.165) is 63.3 Å². The third-order valence-electron chi connectivity index (χ3n) is 5.33. The van der Waals surface area contributed by atoms with E-state index in [-0.39, 0.29) is 17.7 Å². The monoisotopic (exact) mass is 346 g/mol. The van der Waals surface area contributed by atoms with Gasteiger partial charge in [-0.05, 0) is 44.7 Å². The highest BCUT2D eigenvalue weighted by molar-refractivity contribution is 5.73. The quantitative estimate of drug-likeness (QED) is 0.911. The van der Waals surface area contributed by atoms with Gasteiger partial charge in [0.1, 0.15) is 0 Å². The number of carbonyl (C=O) groups excluding carboxylic acids is 1. The molecule has 2 fully saturated rings. The van der Waals surface area contributed by atoms with Crippen molar-refractivity contribution in [2.45, 2.75) is 50.8 Å². The van der Waals surface area contributed by atoms with E-state index in [4.69, 9.17) is 4.74 Å². The molecular weight excluding hydrogens is 316 g/mol. The molecule has 25 heavy (non-hydrogen) atoms. The number of pyridine rings is 1. The fraction of sp³-hybridized carbons (Fsp3) is 0.684. The lowest BCUT2D eigenvalue weighted by atomic mass is 9.82. The second-order valence-corrected chi connectivity index (χ2v) is 7.61. The summed E-state index contributed by atoms with van der Waals surface area (Å²) in [7, 11) is 3.56. The zero-order chi connectivity index (χ0) is 17.9. The van der Waals surface area contributed by atoms with Gasteiger partial charge in [-0.2, -0.15) is 0 Å². The highest BCUT2D eigenvalue weighted by atomic mass is 16.5. The first-order chi connectivity index (χ1) is 12.0. The third-order valence-corrected chi connectivity index (χ3v) is 5.33. The van der Waals surface area contributed by atoms with Gasteiger partial charge >= 0.3 is 6.03 Å². The summed E-state index contributed by atoms with van der Waals surface area (Å²) in [5, 5.41) is 3.13. The van der Waals surface area contributed by atoms with Crippen molar-refractivity contribution < 1.29 is 9.53 Å². The van der Waals surface area contributed by atoms with Crippen LogP contribution in [0.25, 0.3) is 0 Å². The molecule has 6 heteroatoms. The van der Waals surface area contributed by atoms with Crippen LogP contribution in [-0.2, 0) is 11.3 Å². The van der Waals surface area contributed by atoms with Gasteiger partial charge in [-0.3, -0.25) is 9.88 Å². The van der Waals surface area contributed by atoms with Crippen LogP contribution < -0.4 is 5.32 Å². The number of nitrogens with one attached hydrogen (secondary N) is 1. The number of piperidine rings is 1. The van der Waals surface area contributed by atoms with Crippen molar-refractivity contribution in [3.05, 3.63) is 29.6 Å². The Balaban J connectivity index is 1.52. The van der Waals surface area contributed by atoms with E-state index in [1.807, 2.05) is 13.0 Å². The van der Waals surface area contributed by atoms with Crippen molar-refractivity contribution in [3.8, 4) is 0 Å². The lowest BCUT2D eigenvalue weighted by molar-refractivity contribution is -0.119. The maximum absolute atomic E-state index is 11.9. The standard InChI is InChI=1S/C19H30N4O2/c1-15-5-4-6-17(20-15)14-23-10-8-19(9-11-23)13-16(7-12-25-19)21-18(24)22(2)3/h4-6,16H,7-14H2,1-3H3,(H,21,24)/t16-/m0/s1. The van der Waals surface area contributed by atoms with Crippen LogP contribution in [0, 0.1) is 6.92 Å². The van der Waals surface area contributed by atoms with Gasteiger partial charge in [-0.1, -0.05) is 6.07 Å². The van der Waals surface area contributed by atoms with E-state index in [0.29, 0.717) is 0 Å². The molecule has 3 heterocycles. The van der Waals surface area contributed by atoms with Crippen LogP contribution in [-0.4, -0.2) is 66.2 Å². The summed E-state index contributed by atoms with van der Waals surface area (Å²) in [4.78, 5) is 20.6. The normalized spacial score (nSPS) is 23.4. The molecule has 3 rings (SSSR count). The molecule has 2 amide bonds. The van der Waals surface area contributed by atoms with Crippen LogP contribution in [0.4, 0.5) is 4.79 Å². The first-order valence-corrected chi connectivity index (χ1v) is 9.22. The van der Waals surface area contributed by atoms with Crippen molar-refractivity contribution in [1.82, 2.24) is 20.1 Å². The average Bonchev–Trinajstić information content (AvgIpc) is 2.57. The Morgan fingerprint density at radius 2 is 2.16 bits per heavy atom. The highest BCUT2D eigenvalue weighted by Gasteiger charge is 2.40. The molecule has 1 aromatic heterocycles. The Kier molecular flexibility index (Phi) is 5.59. The molecule has 0 bridgehead atoms. The molecule has 1 aromatic rings. The number of urea groups is 1. The number of nitrogens with zero attached hydrogens (tertiary/aromatic N) is 3. The third kappa shape index (κ3) is 4.70. The molecule has 0 radical (unpaired) electrons. The molecule has 2 saturated heterocycles. The van der Waals surface area contributed by atoms with Gasteiger partial charge in [0, 0.05) is 52.1 Å². The van der Waals surface area contributed by atoms with E-state index in [1.165, 1.54) is 0 Å². The number of ether oxygens (including phenoxy) is 1. The number of hydrogen-bond acceptors (Lipinski definition) is 4. The number of aryl methyl sites for hydroxylation is 1. The van der Waals surface area contributed by atoms with Gasteiger partial charge < -0.3 is 15.0 Å². The smallest absolute Gasteiger partial charge is 0.317 e. The Bertz CT molecular complexity index is 597. The van der Waals surface area contributed by atoms with Crippen molar-refractivity contribution >= 4 is 6.03 Å². The predicted molar refractivity (Wildman–Crippen MR) is 97.4 cm³/mol. The first-order valence-electron chi connectivity index (χ1n) is 9.22. The molecule has 0 aliphatic carbocycles. The number of rotatable bonds is 3. The molecule has 138 valence electrons. The summed E-state index contributed by atoms with van der Waals surface area (Å²) in [6, 6.07) is 6.41. The number of aromatic nitrogens is 1. The second-order valence-electron chi connectivity index (χ2n) is 7.61. The zero-order valence-electron chi connectivity index (χ0n) is 15.6. The molecular formula is C19H30N4O2. The van der Waals surface area contributed by atoms with Crippen molar-refractivity contribution in [2.75, 3.05) is 33.8 Å². The minimum absolute atomic E-state index is 0.00925. The van der Waals surface area contributed by atoms with Gasteiger partial charge in [0.2, 0.25) is 0 Å². The summed E-state index contributed by atoms with van der Waals surface area (Å²) >= 11 is 0. The van der Waals surface area contributed by atoms with Gasteiger partial charge in [0.05, 0.1) is 11.3 Å². The van der Waals surface area contributed by atoms with E-state index in [1.54, 1.807) is 19.0 Å². The Morgan fingerprint density at radius 3 is 2.84 bits per heavy atom. The molecule has 0 saturated carbocycles. The Hall–Kier alpha value is -1.66. The summed E-state index contributed by atoms with van der Waals surface area (Å²) in [5.74, 6) is 0. The Morgan fingerprint density at radius 1 is 1.40 bits per heavy atom. The lowest BCUT2D eigenvalue weighted by Crippen LogP contribution is -2.54. The fourth-order valence-electron chi connectivity index (χ4n) is 3.84. The lowest BCUT2D eigenvalue weighted by Gasteiger charge is -2.46. The minimum atomic E-state index is -0.0704. The average molecular weight is 346 g/mol. The number of carbonyl (C=O) groups is 1. The van der Waals surface area contributed by atoms with Gasteiger partial charge in [0.15, 0.2) is 0 Å². The first kappa shape index (κ1) is 18.1. The molecule has 0 unspecified atom stereocenters. The van der Waals surface area contributed by atoms with Gasteiger partial charge in [0.25, 0.3) is 0 Å². The van der Waals surface area contributed by atoms with Crippen LogP contribution in [0.2, 0.25) is 0 Å². The largest absolute Gasteiger partial charge is 0.375 e. The number of hydrogen-bond donors (Lipinski definition) is 1. The van der Waals surface area contributed by atoms with E-state index < -0.39 is 0 Å². The summed E-state index contributed by atoms with van der Waals surface area (Å²) in [5.41, 5.74) is 2.14. The second kappa shape index (κ2) is 7.70. The Labute approximate surface area is 150 Å². The predicted octanol–water partition coefficient (Wildman–Crippen LogP) is 2.17. The summed E-state index contributed by atoms with van der Waals surface area (Å²) in [6.07, 6.45) is 3.86. The SMILES string of the molecule is Cc1cccc(CN2CCC3(CC2)C[C@@H](NC(=O)N(C)C)CCO3)n1. The van der Waals surface area contributed by atoms with E-state index >= 15 is 0 Å². The van der Waals surface area contributed by atoms with Crippen molar-refractivity contribution in [3.63, 3.8) is 0 Å². The zero-order valence-corrected chi connectivity index (χ0v) is 15.6. The van der Waals surface area contributed by atoms with E-state index in [9.17, 15) is 4.79 Å². The molecule has 1 N–H and O–H groups in total. The molecule has 1 atom stereocenters. The van der Waals surface area contributed by atoms with Crippen LogP contribution in [0.3, 0.4) is 0 Å². The van der Waals surface area contributed by atoms with Gasteiger partial charge in [-0.25, -0.2) is 4.79 Å². The maximum atomic E-state index is 11.9. The van der Waals surface area contributed by atoms with Crippen LogP contribution in [0.15, 0.2) is 18.2 Å². The van der Waals surface area contributed by atoms with Crippen LogP contribution in [0.5, 0.6) is 0 Å². The van der Waals surface area contributed by atoms with Crippen molar-refractivity contribution in [1.29, 1.82) is 0 Å². The maximum Gasteiger partial charge on any atom is 0.317 e. The molecule has 1 spiro atoms. The van der Waals surface area contributed by atoms with Crippen LogP contribution >= 0.6 is 0 Å². The molecule has 2 aliphatic rings. The minimum Gasteiger partial charge on any atom is -0.375 e. The fourth-order valence-corrected chi connectivity index (χ4v) is 3.84. The number of likely N-dealkylation sites (tertiary alicyclic amines) is 1. The summed E-state index contributed by atoms with van der Waals surface area (Å²) in [6.45, 7) is 5.71. The highest BCUT2D eigenvalue weighted by Crippen LogP contribution is 2.35. The molecule has 2 aliphatic heterocycles. The topological polar surface area (TPSA) is 57.7 Å². The summed E-state index contributed by atoms with van der Waals surface area (Å²) < 4.78 is 6.19. The molecule has 6 nitrogen and oxygen atoms in total. The molecule has 0 aromatic carbocycles. The van der Waals surface area contributed by atoms with E-state index in [2.05, 4.69) is 27.3 Å². The van der Waals surface area contributed by atoms with Crippen molar-refractivity contribution in [2.24, 2.45) is 0 Å². The van der Waals surface area contributed by atoms with Gasteiger partial charge in [-0.15, -0.1) is 0 Å².